The van der Waals surface area contributed by atoms with Crippen LogP contribution in [0, 0.1) is 5.82 Å². The number of benzene rings is 3. The van der Waals surface area contributed by atoms with Crippen LogP contribution in [0.25, 0.3) is 0 Å². The van der Waals surface area contributed by atoms with Crippen molar-refractivity contribution in [3.05, 3.63) is 106 Å². The molecule has 4 nitrogen and oxygen atoms in total. The molecule has 4 rings (SSSR count). The maximum atomic E-state index is 13.5. The minimum atomic E-state index is -0.503. The van der Waals surface area contributed by atoms with Crippen molar-refractivity contribution in [3.63, 3.8) is 0 Å². The molecule has 0 fully saturated rings. The first-order valence-electron chi connectivity index (χ1n) is 9.67. The minimum Gasteiger partial charge on any atom is -0.352 e. The molecule has 6 heteroatoms. The number of fused-ring (bicyclic) bond motifs is 1. The van der Waals surface area contributed by atoms with E-state index in [4.69, 9.17) is 11.6 Å². The van der Waals surface area contributed by atoms with E-state index in [-0.39, 0.29) is 24.1 Å². The molecular formula is C24H20ClFN2O2. The van der Waals surface area contributed by atoms with Crippen molar-refractivity contribution in [2.24, 2.45) is 0 Å². The van der Waals surface area contributed by atoms with E-state index < -0.39 is 6.04 Å². The Morgan fingerprint density at radius 1 is 1.03 bits per heavy atom. The second-order valence-electron chi connectivity index (χ2n) is 7.23. The normalized spacial score (nSPS) is 13.8. The van der Waals surface area contributed by atoms with E-state index in [2.05, 4.69) is 5.32 Å². The third-order valence-electron chi connectivity index (χ3n) is 5.29. The number of nitrogens with zero attached hydrogens (tertiary/aromatic N) is 1. The Morgan fingerprint density at radius 2 is 1.73 bits per heavy atom. The van der Waals surface area contributed by atoms with Crippen molar-refractivity contribution in [1.82, 2.24) is 10.2 Å². The fourth-order valence-corrected chi connectivity index (χ4v) is 3.91. The van der Waals surface area contributed by atoms with Gasteiger partial charge in [0.15, 0.2) is 0 Å². The Kier molecular flexibility index (Phi) is 5.81. The van der Waals surface area contributed by atoms with Gasteiger partial charge in [0.05, 0.1) is 12.5 Å². The highest BCUT2D eigenvalue weighted by Gasteiger charge is 2.34. The summed E-state index contributed by atoms with van der Waals surface area (Å²) in [5, 5.41) is 3.46. The van der Waals surface area contributed by atoms with Crippen LogP contribution in [0.4, 0.5) is 4.39 Å². The molecule has 0 unspecified atom stereocenters. The molecule has 3 aromatic carbocycles. The number of amides is 2. The zero-order chi connectivity index (χ0) is 21.1. The van der Waals surface area contributed by atoms with Crippen LogP contribution in [-0.2, 0) is 17.9 Å². The summed E-state index contributed by atoms with van der Waals surface area (Å²) in [4.78, 5) is 27.4. The van der Waals surface area contributed by atoms with Crippen molar-refractivity contribution in [2.45, 2.75) is 25.6 Å². The molecule has 2 amide bonds. The first-order valence-corrected chi connectivity index (χ1v) is 10.0. The lowest BCUT2D eigenvalue weighted by atomic mass is 10.0. The Morgan fingerprint density at radius 3 is 2.47 bits per heavy atom. The summed E-state index contributed by atoms with van der Waals surface area (Å²) in [6.45, 7) is 0.706. The van der Waals surface area contributed by atoms with Crippen molar-refractivity contribution < 1.29 is 14.0 Å². The Bertz CT molecular complexity index is 1080. The molecule has 1 aliphatic rings. The first kappa shape index (κ1) is 20.1. The number of halogens is 2. The average Bonchev–Trinajstić information content (AvgIpc) is 3.09. The Hall–Kier alpha value is -3.18. The van der Waals surface area contributed by atoms with Gasteiger partial charge in [-0.1, -0.05) is 60.1 Å². The van der Waals surface area contributed by atoms with Gasteiger partial charge >= 0.3 is 0 Å². The van der Waals surface area contributed by atoms with Crippen LogP contribution in [0.2, 0.25) is 5.02 Å². The maximum Gasteiger partial charge on any atom is 0.255 e. The van der Waals surface area contributed by atoms with E-state index in [1.54, 1.807) is 29.2 Å². The van der Waals surface area contributed by atoms with Gasteiger partial charge in [0.1, 0.15) is 5.82 Å². The largest absolute Gasteiger partial charge is 0.352 e. The predicted molar refractivity (Wildman–Crippen MR) is 113 cm³/mol. The van der Waals surface area contributed by atoms with Crippen LogP contribution < -0.4 is 5.32 Å². The summed E-state index contributed by atoms with van der Waals surface area (Å²) < 4.78 is 13.5. The van der Waals surface area contributed by atoms with Crippen LogP contribution in [-0.4, -0.2) is 16.7 Å². The summed E-state index contributed by atoms with van der Waals surface area (Å²) >= 11 is 6.16. The van der Waals surface area contributed by atoms with Gasteiger partial charge in [-0.2, -0.15) is 0 Å². The molecule has 0 spiro atoms. The van der Waals surface area contributed by atoms with Crippen LogP contribution in [0.5, 0.6) is 0 Å². The van der Waals surface area contributed by atoms with Crippen LogP contribution in [0.15, 0.2) is 72.8 Å². The van der Waals surface area contributed by atoms with Gasteiger partial charge in [-0.25, -0.2) is 4.39 Å². The fourth-order valence-electron chi connectivity index (χ4n) is 3.70. The number of hydrogen-bond donors (Lipinski definition) is 1. The molecule has 152 valence electrons. The Balaban J connectivity index is 1.54. The van der Waals surface area contributed by atoms with E-state index in [0.29, 0.717) is 29.2 Å². The number of carbonyl (C=O) groups is 2. The molecule has 0 aliphatic carbocycles. The second kappa shape index (κ2) is 8.67. The quantitative estimate of drug-likeness (QED) is 0.615. The van der Waals surface area contributed by atoms with E-state index >= 15 is 0 Å². The average molecular weight is 423 g/mol. The van der Waals surface area contributed by atoms with Gasteiger partial charge < -0.3 is 10.2 Å². The molecule has 3 aromatic rings. The van der Waals surface area contributed by atoms with Crippen LogP contribution >= 0.6 is 11.6 Å². The van der Waals surface area contributed by atoms with Gasteiger partial charge in [0.25, 0.3) is 5.91 Å². The summed E-state index contributed by atoms with van der Waals surface area (Å²) in [6.07, 6.45) is 0.0653. The highest BCUT2D eigenvalue weighted by molar-refractivity contribution is 6.31. The van der Waals surface area contributed by atoms with Crippen molar-refractivity contribution >= 4 is 23.4 Å². The summed E-state index contributed by atoms with van der Waals surface area (Å²) in [5.41, 5.74) is 3.09. The lowest BCUT2D eigenvalue weighted by Crippen LogP contribution is -2.34. The number of carbonyl (C=O) groups excluding carboxylic acids is 2. The molecule has 1 aliphatic heterocycles. The molecule has 0 radical (unpaired) electrons. The van der Waals surface area contributed by atoms with Gasteiger partial charge in [0, 0.05) is 23.7 Å². The molecule has 0 saturated carbocycles. The monoisotopic (exact) mass is 422 g/mol. The summed E-state index contributed by atoms with van der Waals surface area (Å²) in [7, 11) is 0. The van der Waals surface area contributed by atoms with Crippen molar-refractivity contribution in [2.75, 3.05) is 0 Å². The van der Waals surface area contributed by atoms with Gasteiger partial charge in [0.2, 0.25) is 5.91 Å². The third kappa shape index (κ3) is 4.21. The molecule has 1 N–H and O–H groups in total. The third-order valence-corrected chi connectivity index (χ3v) is 5.66. The summed E-state index contributed by atoms with van der Waals surface area (Å²) in [6, 6.07) is 20.1. The van der Waals surface area contributed by atoms with E-state index in [9.17, 15) is 14.0 Å². The molecule has 1 atom stereocenters. The number of nitrogens with one attached hydrogen (secondary N) is 1. The van der Waals surface area contributed by atoms with Gasteiger partial charge in [-0.15, -0.1) is 0 Å². The first-order chi connectivity index (χ1) is 14.5. The summed E-state index contributed by atoms with van der Waals surface area (Å²) in [5.74, 6) is -0.705. The topological polar surface area (TPSA) is 49.4 Å². The van der Waals surface area contributed by atoms with Crippen LogP contribution in [0.3, 0.4) is 0 Å². The lowest BCUT2D eigenvalue weighted by molar-refractivity contribution is -0.122. The van der Waals surface area contributed by atoms with E-state index in [1.165, 1.54) is 12.1 Å². The fraction of sp³-hybridized carbons (Fsp3) is 0.167. The zero-order valence-corrected chi connectivity index (χ0v) is 16.9. The highest BCUT2D eigenvalue weighted by atomic mass is 35.5. The Labute approximate surface area is 179 Å². The van der Waals surface area contributed by atoms with Crippen molar-refractivity contribution in [3.8, 4) is 0 Å². The maximum absolute atomic E-state index is 13.5. The van der Waals surface area contributed by atoms with E-state index in [1.807, 2.05) is 36.4 Å². The molecule has 1 heterocycles. The predicted octanol–water partition coefficient (Wildman–Crippen LogP) is 4.88. The zero-order valence-electron chi connectivity index (χ0n) is 16.1. The SMILES string of the molecule is O=C(C[C@H](c1ccc(F)cc1)N1Cc2ccccc2C1=O)NCc1ccccc1Cl. The van der Waals surface area contributed by atoms with Gasteiger partial charge in [-0.3, -0.25) is 9.59 Å². The number of rotatable bonds is 6. The smallest absolute Gasteiger partial charge is 0.255 e. The standard InChI is InChI=1S/C24H20ClFN2O2/c25-21-8-4-2-5-17(21)14-27-23(29)13-22(16-9-11-19(26)12-10-16)28-15-18-6-1-3-7-20(18)24(28)30/h1-12,22H,13-15H2,(H,27,29)/t22-/m1/s1. The van der Waals surface area contributed by atoms with E-state index in [0.717, 1.165) is 11.1 Å². The molecule has 30 heavy (non-hydrogen) atoms. The molecule has 0 aromatic heterocycles. The minimum absolute atomic E-state index is 0.0653. The highest BCUT2D eigenvalue weighted by Crippen LogP contribution is 2.33. The molecule has 0 saturated heterocycles. The van der Waals surface area contributed by atoms with Crippen LogP contribution in [0.1, 0.15) is 39.5 Å². The van der Waals surface area contributed by atoms with Gasteiger partial charge in [-0.05, 0) is 41.0 Å². The second-order valence-corrected chi connectivity index (χ2v) is 7.64. The van der Waals surface area contributed by atoms with Crippen molar-refractivity contribution in [1.29, 1.82) is 0 Å². The molecular weight excluding hydrogens is 403 g/mol. The number of hydrogen-bond acceptors (Lipinski definition) is 2. The lowest BCUT2D eigenvalue weighted by Gasteiger charge is -2.28. The molecule has 0 bridgehead atoms.